The standard InChI is InChI=1S/C14H18O6/c1-7-13(17)12(16)6-9(20-7)4-8-2-3-10(14(18)19)11(15)5-8/h2-3,5,7,9,12-13,15-17H,4,6H2,1H3,(H,18,19)/t7?,9-,12?,13-/m1/s1. The molecule has 1 aliphatic rings. The molecule has 2 rings (SSSR count). The van der Waals surface area contributed by atoms with E-state index in [2.05, 4.69) is 0 Å². The molecule has 0 saturated carbocycles. The van der Waals surface area contributed by atoms with Gasteiger partial charge in [0, 0.05) is 6.42 Å². The molecule has 0 aliphatic carbocycles. The number of carboxylic acid groups (broad SMARTS) is 1. The maximum atomic E-state index is 10.8. The number of benzene rings is 1. The number of carboxylic acids is 1. The average Bonchev–Trinajstić information content (AvgIpc) is 2.35. The SMILES string of the molecule is CC1O[C@H](Cc2ccc(C(=O)O)c(O)c2)CC(O)[C@@H]1O. The minimum absolute atomic E-state index is 0.151. The molecule has 1 fully saturated rings. The Morgan fingerprint density at radius 2 is 2.10 bits per heavy atom. The summed E-state index contributed by atoms with van der Waals surface area (Å²) in [6.07, 6.45) is -1.74. The molecule has 1 aromatic carbocycles. The summed E-state index contributed by atoms with van der Waals surface area (Å²) in [4.78, 5) is 10.8. The normalized spacial score (nSPS) is 30.1. The number of hydrogen-bond acceptors (Lipinski definition) is 5. The summed E-state index contributed by atoms with van der Waals surface area (Å²) in [6.45, 7) is 1.69. The van der Waals surface area contributed by atoms with Crippen molar-refractivity contribution < 1.29 is 30.0 Å². The van der Waals surface area contributed by atoms with Crippen molar-refractivity contribution in [1.82, 2.24) is 0 Å². The van der Waals surface area contributed by atoms with Crippen molar-refractivity contribution in [2.45, 2.75) is 44.2 Å². The molecule has 0 aromatic heterocycles. The van der Waals surface area contributed by atoms with Gasteiger partial charge in [-0.25, -0.2) is 4.79 Å². The first kappa shape index (κ1) is 14.8. The molecule has 1 heterocycles. The Labute approximate surface area is 116 Å². The first-order chi connectivity index (χ1) is 9.38. The number of aliphatic hydroxyl groups excluding tert-OH is 2. The van der Waals surface area contributed by atoms with E-state index in [4.69, 9.17) is 9.84 Å². The van der Waals surface area contributed by atoms with Crippen LogP contribution in [0, 0.1) is 0 Å². The van der Waals surface area contributed by atoms with Crippen molar-refractivity contribution in [3.63, 3.8) is 0 Å². The Hall–Kier alpha value is -1.63. The highest BCUT2D eigenvalue weighted by molar-refractivity contribution is 5.90. The van der Waals surface area contributed by atoms with Gasteiger partial charge in [-0.1, -0.05) is 6.07 Å². The number of aliphatic hydroxyl groups is 2. The van der Waals surface area contributed by atoms with Crippen LogP contribution in [0.5, 0.6) is 5.75 Å². The maximum Gasteiger partial charge on any atom is 0.339 e. The van der Waals surface area contributed by atoms with Gasteiger partial charge in [0.25, 0.3) is 0 Å². The summed E-state index contributed by atoms with van der Waals surface area (Å²) in [5.41, 5.74) is 0.565. The Morgan fingerprint density at radius 1 is 1.40 bits per heavy atom. The molecule has 1 aromatic rings. The fraction of sp³-hybridized carbons (Fsp3) is 0.500. The van der Waals surface area contributed by atoms with Crippen LogP contribution < -0.4 is 0 Å². The highest BCUT2D eigenvalue weighted by Gasteiger charge is 2.33. The van der Waals surface area contributed by atoms with E-state index in [0.717, 1.165) is 0 Å². The summed E-state index contributed by atoms with van der Waals surface area (Å²) in [5.74, 6) is -1.48. The van der Waals surface area contributed by atoms with E-state index in [1.165, 1.54) is 12.1 Å². The van der Waals surface area contributed by atoms with E-state index < -0.39 is 24.3 Å². The number of rotatable bonds is 3. The number of aromatic hydroxyl groups is 1. The smallest absolute Gasteiger partial charge is 0.339 e. The minimum atomic E-state index is -1.19. The molecular formula is C14H18O6. The minimum Gasteiger partial charge on any atom is -0.507 e. The predicted octanol–water partition coefficient (Wildman–Crippen LogP) is 0.532. The second-order valence-electron chi connectivity index (χ2n) is 5.12. The van der Waals surface area contributed by atoms with E-state index in [9.17, 15) is 20.1 Å². The Bertz CT molecular complexity index is 488. The van der Waals surface area contributed by atoms with Gasteiger partial charge < -0.3 is 25.2 Å². The summed E-state index contributed by atoms with van der Waals surface area (Å²) < 4.78 is 5.58. The van der Waals surface area contributed by atoms with Gasteiger partial charge in [-0.2, -0.15) is 0 Å². The molecule has 2 unspecified atom stereocenters. The molecule has 1 saturated heterocycles. The van der Waals surface area contributed by atoms with Crippen LogP contribution in [0.2, 0.25) is 0 Å². The monoisotopic (exact) mass is 282 g/mol. The molecule has 4 N–H and O–H groups in total. The van der Waals surface area contributed by atoms with E-state index in [0.29, 0.717) is 18.4 Å². The molecule has 20 heavy (non-hydrogen) atoms. The molecule has 6 heteroatoms. The quantitative estimate of drug-likeness (QED) is 0.644. The third kappa shape index (κ3) is 3.09. The zero-order valence-electron chi connectivity index (χ0n) is 11.1. The van der Waals surface area contributed by atoms with Gasteiger partial charge in [0.2, 0.25) is 0 Å². The van der Waals surface area contributed by atoms with Gasteiger partial charge in [0.05, 0.1) is 18.3 Å². The van der Waals surface area contributed by atoms with Crippen molar-refractivity contribution in [2.24, 2.45) is 0 Å². The third-order valence-corrected chi connectivity index (χ3v) is 3.54. The largest absolute Gasteiger partial charge is 0.507 e. The maximum absolute atomic E-state index is 10.8. The second-order valence-corrected chi connectivity index (χ2v) is 5.12. The van der Waals surface area contributed by atoms with Gasteiger partial charge in [-0.05, 0) is 31.0 Å². The Kier molecular flexibility index (Phi) is 4.27. The van der Waals surface area contributed by atoms with Gasteiger partial charge >= 0.3 is 5.97 Å². The number of aromatic carboxylic acids is 1. The molecule has 0 bridgehead atoms. The Balaban J connectivity index is 2.07. The van der Waals surface area contributed by atoms with E-state index in [-0.39, 0.29) is 17.4 Å². The van der Waals surface area contributed by atoms with E-state index in [1.54, 1.807) is 13.0 Å². The van der Waals surface area contributed by atoms with Crippen LogP contribution in [0.15, 0.2) is 18.2 Å². The van der Waals surface area contributed by atoms with Gasteiger partial charge in [0.1, 0.15) is 17.4 Å². The second kappa shape index (κ2) is 5.78. The van der Waals surface area contributed by atoms with Crippen LogP contribution >= 0.6 is 0 Å². The van der Waals surface area contributed by atoms with Gasteiger partial charge in [-0.15, -0.1) is 0 Å². The molecule has 110 valence electrons. The van der Waals surface area contributed by atoms with Crippen LogP contribution in [0.4, 0.5) is 0 Å². The predicted molar refractivity (Wildman–Crippen MR) is 69.7 cm³/mol. The van der Waals surface area contributed by atoms with Crippen LogP contribution in [0.3, 0.4) is 0 Å². The summed E-state index contributed by atoms with van der Waals surface area (Å²) in [7, 11) is 0. The van der Waals surface area contributed by atoms with Gasteiger partial charge in [-0.3, -0.25) is 0 Å². The first-order valence-corrected chi connectivity index (χ1v) is 6.45. The van der Waals surface area contributed by atoms with E-state index >= 15 is 0 Å². The lowest BCUT2D eigenvalue weighted by molar-refractivity contribution is -0.160. The lowest BCUT2D eigenvalue weighted by Gasteiger charge is -2.35. The van der Waals surface area contributed by atoms with Crippen LogP contribution in [0.25, 0.3) is 0 Å². The average molecular weight is 282 g/mol. The molecule has 1 aliphatic heterocycles. The molecule has 6 nitrogen and oxygen atoms in total. The fourth-order valence-corrected chi connectivity index (χ4v) is 2.44. The number of phenols is 1. The zero-order valence-corrected chi connectivity index (χ0v) is 11.1. The number of carbonyl (C=O) groups is 1. The number of hydrogen-bond donors (Lipinski definition) is 4. The molecular weight excluding hydrogens is 264 g/mol. The summed E-state index contributed by atoms with van der Waals surface area (Å²) >= 11 is 0. The highest BCUT2D eigenvalue weighted by Crippen LogP contribution is 2.25. The lowest BCUT2D eigenvalue weighted by atomic mass is 9.94. The third-order valence-electron chi connectivity index (χ3n) is 3.54. The molecule has 0 spiro atoms. The van der Waals surface area contributed by atoms with Crippen LogP contribution in [-0.4, -0.2) is 50.8 Å². The van der Waals surface area contributed by atoms with Crippen molar-refractivity contribution in [3.05, 3.63) is 29.3 Å². The lowest BCUT2D eigenvalue weighted by Crippen LogP contribution is -2.47. The summed E-state index contributed by atoms with van der Waals surface area (Å²) in [6, 6.07) is 4.33. The zero-order chi connectivity index (χ0) is 14.9. The van der Waals surface area contributed by atoms with E-state index in [1.807, 2.05) is 0 Å². The fourth-order valence-electron chi connectivity index (χ4n) is 2.44. The first-order valence-electron chi connectivity index (χ1n) is 6.45. The summed E-state index contributed by atoms with van der Waals surface area (Å²) in [5, 5.41) is 37.8. The van der Waals surface area contributed by atoms with Gasteiger partial charge in [0.15, 0.2) is 0 Å². The van der Waals surface area contributed by atoms with Crippen molar-refractivity contribution in [1.29, 1.82) is 0 Å². The number of ether oxygens (including phenoxy) is 1. The highest BCUT2D eigenvalue weighted by atomic mass is 16.5. The molecule has 0 amide bonds. The van der Waals surface area contributed by atoms with Crippen molar-refractivity contribution in [2.75, 3.05) is 0 Å². The topological polar surface area (TPSA) is 107 Å². The molecule has 0 radical (unpaired) electrons. The van der Waals surface area contributed by atoms with Crippen molar-refractivity contribution in [3.8, 4) is 5.75 Å². The van der Waals surface area contributed by atoms with Crippen LogP contribution in [-0.2, 0) is 11.2 Å². The van der Waals surface area contributed by atoms with Crippen LogP contribution in [0.1, 0.15) is 29.3 Å². The Morgan fingerprint density at radius 3 is 2.65 bits per heavy atom. The van der Waals surface area contributed by atoms with Crippen molar-refractivity contribution >= 4 is 5.97 Å². The molecule has 4 atom stereocenters.